The summed E-state index contributed by atoms with van der Waals surface area (Å²) in [6.45, 7) is 10.2. The van der Waals surface area contributed by atoms with Crippen LogP contribution < -0.4 is 0 Å². The van der Waals surface area contributed by atoms with E-state index >= 15 is 0 Å². The van der Waals surface area contributed by atoms with Gasteiger partial charge in [-0.2, -0.15) is 0 Å². The average Bonchev–Trinajstić information content (AvgIpc) is 3.70. The van der Waals surface area contributed by atoms with Gasteiger partial charge in [-0.3, -0.25) is 9.59 Å². The molecule has 1 unspecified atom stereocenters. The molecule has 11 heteroatoms. The first-order valence-corrected chi connectivity index (χ1v) is 15.4. The van der Waals surface area contributed by atoms with Crippen LogP contribution in [0.25, 0.3) is 16.3 Å². The van der Waals surface area contributed by atoms with Crippen LogP contribution in [0.2, 0.25) is 10.0 Å². The van der Waals surface area contributed by atoms with Crippen molar-refractivity contribution in [3.63, 3.8) is 0 Å². The molecule has 1 aromatic carbocycles. The number of hydrogen-bond donors (Lipinski definition) is 0. The van der Waals surface area contributed by atoms with Crippen LogP contribution in [0.4, 0.5) is 0 Å². The van der Waals surface area contributed by atoms with Gasteiger partial charge in [0.1, 0.15) is 16.7 Å². The lowest BCUT2D eigenvalue weighted by Crippen LogP contribution is -2.47. The van der Waals surface area contributed by atoms with Crippen molar-refractivity contribution < 1.29 is 9.59 Å². The number of hydrogen-bond acceptors (Lipinski definition) is 5. The molecule has 2 saturated heterocycles. The van der Waals surface area contributed by atoms with Gasteiger partial charge in [0.05, 0.1) is 11.8 Å². The molecule has 214 valence electrons. The van der Waals surface area contributed by atoms with Crippen molar-refractivity contribution in [2.45, 2.75) is 59.0 Å². The highest BCUT2D eigenvalue weighted by Gasteiger charge is 2.39. The molecule has 4 aromatic rings. The number of thiophene rings is 1. The SMILES string of the molecule is Cc1sc(-n2c(C)ccc2C)c(C(=O)N2CCC(N3CCC(n4cc(-c5cc(Cl)cc(Cl)c5)nn4)C3=O)CC2)c1C. The molecule has 1 atom stereocenters. The van der Waals surface area contributed by atoms with Gasteiger partial charge in [0.15, 0.2) is 0 Å². The molecule has 2 aliphatic rings. The van der Waals surface area contributed by atoms with Gasteiger partial charge in [-0.15, -0.1) is 16.4 Å². The van der Waals surface area contributed by atoms with Crippen LogP contribution in [0.3, 0.4) is 0 Å². The van der Waals surface area contributed by atoms with Crippen LogP contribution in [-0.2, 0) is 4.79 Å². The number of likely N-dealkylation sites (tertiary alicyclic amines) is 2. The predicted octanol–water partition coefficient (Wildman–Crippen LogP) is 6.42. The van der Waals surface area contributed by atoms with E-state index in [2.05, 4.69) is 47.8 Å². The average molecular weight is 612 g/mol. The summed E-state index contributed by atoms with van der Waals surface area (Å²) in [7, 11) is 0. The molecule has 6 rings (SSSR count). The second-order valence-corrected chi connectivity index (χ2v) is 13.1. The van der Waals surface area contributed by atoms with Gasteiger partial charge < -0.3 is 14.4 Å². The Labute approximate surface area is 253 Å². The normalized spacial score (nSPS) is 18.1. The van der Waals surface area contributed by atoms with Gasteiger partial charge in [0.2, 0.25) is 5.91 Å². The number of aryl methyl sites for hydroxylation is 3. The minimum atomic E-state index is -0.391. The molecule has 0 saturated carbocycles. The summed E-state index contributed by atoms with van der Waals surface area (Å²) in [4.78, 5) is 32.5. The van der Waals surface area contributed by atoms with Crippen molar-refractivity contribution in [2.24, 2.45) is 0 Å². The minimum absolute atomic E-state index is 0.0560. The monoisotopic (exact) mass is 610 g/mol. The first-order valence-electron chi connectivity index (χ1n) is 13.9. The molecule has 8 nitrogen and oxygen atoms in total. The summed E-state index contributed by atoms with van der Waals surface area (Å²) >= 11 is 14.0. The summed E-state index contributed by atoms with van der Waals surface area (Å²) in [5, 5.41) is 10.6. The Morgan fingerprint density at radius 1 is 0.951 bits per heavy atom. The quantitative estimate of drug-likeness (QED) is 0.261. The van der Waals surface area contributed by atoms with Crippen molar-refractivity contribution in [1.29, 1.82) is 0 Å². The lowest BCUT2D eigenvalue weighted by atomic mass is 10.0. The topological polar surface area (TPSA) is 76.3 Å². The summed E-state index contributed by atoms with van der Waals surface area (Å²) < 4.78 is 3.84. The van der Waals surface area contributed by atoms with Crippen molar-refractivity contribution in [2.75, 3.05) is 19.6 Å². The fourth-order valence-electron chi connectivity index (χ4n) is 6.10. The second-order valence-electron chi connectivity index (χ2n) is 11.0. The Morgan fingerprint density at radius 2 is 1.61 bits per heavy atom. The Morgan fingerprint density at radius 3 is 2.27 bits per heavy atom. The lowest BCUT2D eigenvalue weighted by Gasteiger charge is -2.37. The number of aromatic nitrogens is 4. The standard InChI is InChI=1S/C30H32Cl2N6O2S/c1-17-5-6-18(2)38(17)30-27(19(3)20(4)41-30)29(40)35-10-7-24(8-11-35)36-12-9-26(28(36)39)37-16-25(33-34-37)21-13-22(31)15-23(32)14-21/h5-6,13-16,24,26H,7-12H2,1-4H3. The first-order chi connectivity index (χ1) is 19.6. The van der Waals surface area contributed by atoms with E-state index in [0.717, 1.165) is 50.8 Å². The molecule has 2 fully saturated rings. The third-order valence-corrected chi connectivity index (χ3v) is 10.1. The highest BCUT2D eigenvalue weighted by molar-refractivity contribution is 7.15. The maximum absolute atomic E-state index is 13.9. The number of nitrogens with zero attached hydrogens (tertiary/aromatic N) is 6. The summed E-state index contributed by atoms with van der Waals surface area (Å²) in [5.41, 5.74) is 5.47. The maximum Gasteiger partial charge on any atom is 0.257 e. The van der Waals surface area contributed by atoms with E-state index in [9.17, 15) is 9.59 Å². The molecule has 5 heterocycles. The summed E-state index contributed by atoms with van der Waals surface area (Å²) in [6.07, 6.45) is 3.97. The van der Waals surface area contributed by atoms with Gasteiger partial charge >= 0.3 is 0 Å². The molecule has 2 aliphatic heterocycles. The van der Waals surface area contributed by atoms with Crippen LogP contribution in [0, 0.1) is 27.7 Å². The van der Waals surface area contributed by atoms with Gasteiger partial charge in [-0.1, -0.05) is 28.4 Å². The Kier molecular flexibility index (Phi) is 7.46. The third-order valence-electron chi connectivity index (χ3n) is 8.45. The molecule has 0 spiro atoms. The zero-order valence-corrected chi connectivity index (χ0v) is 25.9. The number of piperidine rings is 1. The number of amides is 2. The molecule has 41 heavy (non-hydrogen) atoms. The van der Waals surface area contributed by atoms with Crippen LogP contribution in [0.1, 0.15) is 57.5 Å². The summed E-state index contributed by atoms with van der Waals surface area (Å²) in [5.74, 6) is 0.134. The van der Waals surface area contributed by atoms with Gasteiger partial charge in [0.25, 0.3) is 5.91 Å². The van der Waals surface area contributed by atoms with E-state index in [-0.39, 0.29) is 17.9 Å². The second kappa shape index (κ2) is 10.9. The van der Waals surface area contributed by atoms with Crippen LogP contribution in [0.15, 0.2) is 36.5 Å². The fraction of sp³-hybridized carbons (Fsp3) is 0.400. The molecule has 0 N–H and O–H groups in total. The molecular weight excluding hydrogens is 579 g/mol. The zero-order chi connectivity index (χ0) is 29.0. The third kappa shape index (κ3) is 5.08. The van der Waals surface area contributed by atoms with E-state index < -0.39 is 6.04 Å². The zero-order valence-electron chi connectivity index (χ0n) is 23.5. The fourth-order valence-corrected chi connectivity index (χ4v) is 7.90. The highest BCUT2D eigenvalue weighted by Crippen LogP contribution is 2.36. The molecule has 0 aliphatic carbocycles. The van der Waals surface area contributed by atoms with Crippen molar-refractivity contribution in [1.82, 2.24) is 29.4 Å². The van der Waals surface area contributed by atoms with Crippen molar-refractivity contribution >= 4 is 46.4 Å². The molecule has 3 aromatic heterocycles. The number of benzene rings is 1. The molecular formula is C30H32Cl2N6O2S. The molecule has 2 amide bonds. The number of carbonyl (C=O) groups excluding carboxylic acids is 2. The summed E-state index contributed by atoms with van der Waals surface area (Å²) in [6, 6.07) is 9.12. The number of halogens is 2. The van der Waals surface area contributed by atoms with Gasteiger partial charge in [-0.05, 0) is 82.9 Å². The largest absolute Gasteiger partial charge is 0.338 e. The van der Waals surface area contributed by atoms with Crippen molar-refractivity contribution in [3.8, 4) is 16.3 Å². The maximum atomic E-state index is 13.9. The lowest BCUT2D eigenvalue weighted by molar-refractivity contribution is -0.133. The van der Waals surface area contributed by atoms with E-state index in [1.54, 1.807) is 40.4 Å². The van der Waals surface area contributed by atoms with Crippen LogP contribution in [-0.4, -0.2) is 66.9 Å². The smallest absolute Gasteiger partial charge is 0.257 e. The predicted molar refractivity (Wildman–Crippen MR) is 162 cm³/mol. The van der Waals surface area contributed by atoms with Crippen LogP contribution >= 0.6 is 34.5 Å². The van der Waals surface area contributed by atoms with Gasteiger partial charge in [-0.25, -0.2) is 4.68 Å². The van der Waals surface area contributed by atoms with Crippen LogP contribution in [0.5, 0.6) is 0 Å². The van der Waals surface area contributed by atoms with Gasteiger partial charge in [0, 0.05) is 57.5 Å². The highest BCUT2D eigenvalue weighted by atomic mass is 35.5. The number of rotatable bonds is 5. The molecule has 0 bridgehead atoms. The van der Waals surface area contributed by atoms with Crippen molar-refractivity contribution in [3.05, 3.63) is 74.0 Å². The minimum Gasteiger partial charge on any atom is -0.338 e. The van der Waals surface area contributed by atoms with E-state index in [1.165, 1.54) is 0 Å². The Bertz CT molecular complexity index is 1610. The molecule has 0 radical (unpaired) electrons. The Balaban J connectivity index is 1.13. The first kappa shape index (κ1) is 28.0. The van der Waals surface area contributed by atoms with E-state index in [0.29, 0.717) is 41.8 Å². The Hall–Kier alpha value is -3.14. The van der Waals surface area contributed by atoms with E-state index in [1.807, 2.05) is 16.7 Å². The van der Waals surface area contributed by atoms with E-state index in [4.69, 9.17) is 23.2 Å². The number of carbonyl (C=O) groups is 2.